The number of halogens is 3. The van der Waals surface area contributed by atoms with Crippen LogP contribution in [0.5, 0.6) is 0 Å². The molecule has 0 atom stereocenters. The molecular formula is C16H12F3N3O4S. The lowest BCUT2D eigenvalue weighted by Gasteiger charge is -2.11. The Morgan fingerprint density at radius 2 is 1.74 bits per heavy atom. The van der Waals surface area contributed by atoms with Crippen molar-refractivity contribution in [2.24, 2.45) is 0 Å². The largest absolute Gasteiger partial charge is 0.501 e. The second kappa shape index (κ2) is 6.05. The second-order valence-corrected chi connectivity index (χ2v) is 7.84. The van der Waals surface area contributed by atoms with Gasteiger partial charge in [0.2, 0.25) is 0 Å². The molecule has 0 aliphatic rings. The van der Waals surface area contributed by atoms with E-state index in [9.17, 15) is 31.7 Å². The van der Waals surface area contributed by atoms with Crippen molar-refractivity contribution in [2.45, 2.75) is 24.3 Å². The average Bonchev–Trinajstić information content (AvgIpc) is 2.96. The van der Waals surface area contributed by atoms with Gasteiger partial charge in [-0.05, 0) is 49.2 Å². The van der Waals surface area contributed by atoms with Gasteiger partial charge in [0.25, 0.3) is 15.5 Å². The SMILES string of the molecule is Cc1cc2ncn(-c3ccc(S(=O)(=O)C(F)(F)F)cc3[N+](=O)[O-])c2cc1C. The van der Waals surface area contributed by atoms with Crippen molar-refractivity contribution in [1.82, 2.24) is 9.55 Å². The Balaban J connectivity index is 2.27. The molecule has 1 aromatic heterocycles. The topological polar surface area (TPSA) is 95.1 Å². The number of sulfone groups is 1. The summed E-state index contributed by atoms with van der Waals surface area (Å²) in [7, 11) is -5.70. The number of hydrogen-bond acceptors (Lipinski definition) is 5. The molecule has 0 amide bonds. The lowest BCUT2D eigenvalue weighted by atomic mass is 10.1. The van der Waals surface area contributed by atoms with Gasteiger partial charge in [-0.2, -0.15) is 13.2 Å². The Bertz CT molecular complexity index is 1180. The van der Waals surface area contributed by atoms with Crippen LogP contribution in [0.4, 0.5) is 18.9 Å². The fraction of sp³-hybridized carbons (Fsp3) is 0.188. The lowest BCUT2D eigenvalue weighted by molar-refractivity contribution is -0.384. The number of nitrogens with zero attached hydrogens (tertiary/aromatic N) is 3. The van der Waals surface area contributed by atoms with Gasteiger partial charge >= 0.3 is 5.51 Å². The van der Waals surface area contributed by atoms with Crippen LogP contribution in [0.15, 0.2) is 41.6 Å². The van der Waals surface area contributed by atoms with E-state index in [1.807, 2.05) is 13.8 Å². The molecule has 1 heterocycles. The van der Waals surface area contributed by atoms with Gasteiger partial charge in [0.15, 0.2) is 0 Å². The number of nitro groups is 1. The summed E-state index contributed by atoms with van der Waals surface area (Å²) in [6.45, 7) is 3.70. The van der Waals surface area contributed by atoms with E-state index in [0.29, 0.717) is 23.2 Å². The summed E-state index contributed by atoms with van der Waals surface area (Å²) < 4.78 is 62.7. The number of aromatic nitrogens is 2. The zero-order valence-corrected chi connectivity index (χ0v) is 14.8. The Kier molecular flexibility index (Phi) is 4.22. The van der Waals surface area contributed by atoms with Crippen molar-refractivity contribution in [2.75, 3.05) is 0 Å². The van der Waals surface area contributed by atoms with Gasteiger partial charge in [-0.3, -0.25) is 14.7 Å². The van der Waals surface area contributed by atoms with Crippen molar-refractivity contribution in [1.29, 1.82) is 0 Å². The molecule has 0 aliphatic heterocycles. The molecular weight excluding hydrogens is 387 g/mol. The number of hydrogen-bond donors (Lipinski definition) is 0. The quantitative estimate of drug-likeness (QED) is 0.493. The molecule has 0 aliphatic carbocycles. The minimum absolute atomic E-state index is 0.0909. The van der Waals surface area contributed by atoms with Crippen molar-refractivity contribution < 1.29 is 26.5 Å². The third kappa shape index (κ3) is 3.03. The minimum Gasteiger partial charge on any atom is -0.293 e. The van der Waals surface area contributed by atoms with Gasteiger partial charge in [0.05, 0.1) is 20.9 Å². The fourth-order valence-corrected chi connectivity index (χ4v) is 3.39. The molecule has 11 heteroatoms. The molecule has 2 aromatic carbocycles. The molecule has 0 N–H and O–H groups in total. The molecule has 3 rings (SSSR count). The first kappa shape index (κ1) is 18.8. The zero-order chi connectivity index (χ0) is 20.1. The molecule has 7 nitrogen and oxygen atoms in total. The van der Waals surface area contributed by atoms with Crippen LogP contribution in [0.25, 0.3) is 16.7 Å². The summed E-state index contributed by atoms with van der Waals surface area (Å²) in [5, 5.41) is 11.4. The van der Waals surface area contributed by atoms with Gasteiger partial charge in [0, 0.05) is 6.07 Å². The van der Waals surface area contributed by atoms with Crippen molar-refractivity contribution in [3.05, 3.63) is 57.9 Å². The van der Waals surface area contributed by atoms with Crippen LogP contribution >= 0.6 is 0 Å². The number of benzene rings is 2. The van der Waals surface area contributed by atoms with E-state index in [-0.39, 0.29) is 5.69 Å². The summed E-state index contributed by atoms with van der Waals surface area (Å²) >= 11 is 0. The third-order valence-corrected chi connectivity index (χ3v) is 5.66. The Hall–Kier alpha value is -2.95. The summed E-state index contributed by atoms with van der Waals surface area (Å²) in [6, 6.07) is 5.58. The highest BCUT2D eigenvalue weighted by Crippen LogP contribution is 2.35. The number of aryl methyl sites for hydroxylation is 2. The molecule has 0 saturated carbocycles. The van der Waals surface area contributed by atoms with Crippen molar-refractivity contribution in [3.63, 3.8) is 0 Å². The van der Waals surface area contributed by atoms with Crippen LogP contribution in [0.1, 0.15) is 11.1 Å². The maximum atomic E-state index is 12.7. The first-order chi connectivity index (χ1) is 12.4. The van der Waals surface area contributed by atoms with Gasteiger partial charge in [0.1, 0.15) is 12.0 Å². The lowest BCUT2D eigenvalue weighted by Crippen LogP contribution is -2.23. The maximum absolute atomic E-state index is 12.7. The zero-order valence-electron chi connectivity index (χ0n) is 14.0. The van der Waals surface area contributed by atoms with E-state index >= 15 is 0 Å². The second-order valence-electron chi connectivity index (χ2n) is 5.90. The molecule has 0 bridgehead atoms. The number of imidazole rings is 1. The van der Waals surface area contributed by atoms with E-state index in [1.54, 1.807) is 12.1 Å². The van der Waals surface area contributed by atoms with E-state index in [1.165, 1.54) is 10.9 Å². The third-order valence-electron chi connectivity index (χ3n) is 4.18. The van der Waals surface area contributed by atoms with Crippen LogP contribution in [-0.4, -0.2) is 28.4 Å². The molecule has 3 aromatic rings. The van der Waals surface area contributed by atoms with E-state index in [2.05, 4.69) is 4.98 Å². The maximum Gasteiger partial charge on any atom is 0.501 e. The summed E-state index contributed by atoms with van der Waals surface area (Å²) in [5.74, 6) is 0. The summed E-state index contributed by atoms with van der Waals surface area (Å²) in [5.41, 5.74) is -3.53. The fourth-order valence-electron chi connectivity index (χ4n) is 2.61. The molecule has 0 spiro atoms. The molecule has 0 unspecified atom stereocenters. The molecule has 0 saturated heterocycles. The van der Waals surface area contributed by atoms with Gasteiger partial charge < -0.3 is 0 Å². The Morgan fingerprint density at radius 1 is 1.11 bits per heavy atom. The summed E-state index contributed by atoms with van der Waals surface area (Å²) in [4.78, 5) is 13.4. The monoisotopic (exact) mass is 399 g/mol. The minimum atomic E-state index is -5.70. The number of fused-ring (bicyclic) bond motifs is 1. The standard InChI is InChI=1S/C16H12F3N3O4S/c1-9-5-12-14(6-10(9)2)21(8-20-12)13-4-3-11(7-15(13)22(23)24)27(25,26)16(17,18)19/h3-8H,1-2H3. The van der Waals surface area contributed by atoms with Gasteiger partial charge in [-0.15, -0.1) is 0 Å². The Labute approximate surface area is 151 Å². The van der Waals surface area contributed by atoms with Crippen LogP contribution in [0.3, 0.4) is 0 Å². The normalized spacial score (nSPS) is 12.5. The first-order valence-electron chi connectivity index (χ1n) is 7.48. The molecule has 27 heavy (non-hydrogen) atoms. The van der Waals surface area contributed by atoms with Crippen molar-refractivity contribution in [3.8, 4) is 5.69 Å². The number of alkyl halides is 3. The smallest absolute Gasteiger partial charge is 0.293 e. The number of rotatable bonds is 3. The summed E-state index contributed by atoms with van der Waals surface area (Å²) in [6.07, 6.45) is 1.30. The van der Waals surface area contributed by atoms with Gasteiger partial charge in [-0.25, -0.2) is 13.4 Å². The predicted molar refractivity (Wildman–Crippen MR) is 90.4 cm³/mol. The van der Waals surface area contributed by atoms with E-state index in [4.69, 9.17) is 0 Å². The highest BCUT2D eigenvalue weighted by atomic mass is 32.2. The molecule has 0 radical (unpaired) electrons. The van der Waals surface area contributed by atoms with Crippen LogP contribution in [0, 0.1) is 24.0 Å². The highest BCUT2D eigenvalue weighted by molar-refractivity contribution is 7.92. The van der Waals surface area contributed by atoms with E-state index in [0.717, 1.165) is 17.2 Å². The van der Waals surface area contributed by atoms with Gasteiger partial charge in [-0.1, -0.05) is 0 Å². The predicted octanol–water partition coefficient (Wildman–Crippen LogP) is 3.84. The molecule has 142 valence electrons. The molecule has 0 fully saturated rings. The number of nitro benzene ring substituents is 1. The van der Waals surface area contributed by atoms with Crippen LogP contribution in [-0.2, 0) is 9.84 Å². The Morgan fingerprint density at radius 3 is 2.33 bits per heavy atom. The van der Waals surface area contributed by atoms with Crippen LogP contribution in [0.2, 0.25) is 0 Å². The average molecular weight is 399 g/mol. The first-order valence-corrected chi connectivity index (χ1v) is 8.96. The van der Waals surface area contributed by atoms with Crippen molar-refractivity contribution >= 4 is 26.6 Å². The highest BCUT2D eigenvalue weighted by Gasteiger charge is 2.47. The van der Waals surface area contributed by atoms with Crippen LogP contribution < -0.4 is 0 Å². The van der Waals surface area contributed by atoms with E-state index < -0.39 is 30.9 Å².